The topological polar surface area (TPSA) is 100.0 Å². The molecule has 465 valence electrons. The summed E-state index contributed by atoms with van der Waals surface area (Å²) in [7, 11) is 1.53. The van der Waals surface area contributed by atoms with Gasteiger partial charge in [0.05, 0.1) is 37.4 Å². The van der Waals surface area contributed by atoms with Gasteiger partial charge in [-0.25, -0.2) is 5.11 Å². The number of methoxy groups -OCH3 is 1. The van der Waals surface area contributed by atoms with Crippen LogP contribution in [-0.2, 0) is 10.7 Å². The van der Waals surface area contributed by atoms with Gasteiger partial charge in [0.15, 0.2) is 5.60 Å². The first-order chi connectivity index (χ1) is 40.8. The second-order valence-corrected chi connectivity index (χ2v) is 24.3. The van der Waals surface area contributed by atoms with Crippen molar-refractivity contribution in [3.63, 3.8) is 0 Å². The fourth-order valence-corrected chi connectivity index (χ4v) is 12.0. The second-order valence-electron chi connectivity index (χ2n) is 24.3. The molecular formula is C75H118NO7. The number of hydrogen-bond donors (Lipinski definition) is 0. The molecule has 0 heterocycles. The molecule has 0 bridgehead atoms. The van der Waals surface area contributed by atoms with Crippen molar-refractivity contribution in [1.29, 1.82) is 0 Å². The van der Waals surface area contributed by atoms with Gasteiger partial charge in [-0.15, -0.1) is 0 Å². The predicted molar refractivity (Wildman–Crippen MR) is 351 cm³/mol. The van der Waals surface area contributed by atoms with Crippen molar-refractivity contribution in [2.75, 3.05) is 26.9 Å². The maximum Gasteiger partial charge on any atom is 0.287 e. The van der Waals surface area contributed by atoms with Crippen LogP contribution in [0.25, 0.3) is 11.1 Å². The number of nitrogens with zero attached hydrogens (tertiary/aromatic N) is 1. The minimum Gasteiger partial charge on any atom is -0.496 e. The highest BCUT2D eigenvalue weighted by Crippen LogP contribution is 2.50. The van der Waals surface area contributed by atoms with Crippen LogP contribution in [-0.4, -0.2) is 31.9 Å². The Morgan fingerprint density at radius 2 is 0.639 bits per heavy atom. The molecule has 0 atom stereocenters. The Labute approximate surface area is 507 Å². The number of unbranched alkanes of at least 4 members (excludes halogenated alkanes) is 39. The highest BCUT2D eigenvalue weighted by atomic mass is 16.6. The van der Waals surface area contributed by atoms with Crippen LogP contribution in [0.2, 0.25) is 0 Å². The van der Waals surface area contributed by atoms with Crippen molar-refractivity contribution in [3.05, 3.63) is 111 Å². The number of ether oxygens (including phenoxy) is 4. The number of rotatable bonds is 54. The molecule has 4 aromatic carbocycles. The summed E-state index contributed by atoms with van der Waals surface area (Å²) in [6, 6.07) is 23.5. The van der Waals surface area contributed by atoms with E-state index in [0.29, 0.717) is 65.1 Å². The normalized spacial score (nSPS) is 11.6. The van der Waals surface area contributed by atoms with Crippen LogP contribution in [0.4, 0.5) is 5.69 Å². The molecule has 0 saturated heterocycles. The smallest absolute Gasteiger partial charge is 0.287 e. The van der Waals surface area contributed by atoms with E-state index < -0.39 is 10.5 Å². The molecule has 0 aliphatic rings. The van der Waals surface area contributed by atoms with Crippen LogP contribution in [0.3, 0.4) is 0 Å². The fourth-order valence-electron chi connectivity index (χ4n) is 12.0. The van der Waals surface area contributed by atoms with Crippen LogP contribution in [0.15, 0.2) is 78.9 Å². The van der Waals surface area contributed by atoms with E-state index in [0.717, 1.165) is 38.5 Å². The van der Waals surface area contributed by atoms with Crippen LogP contribution < -0.4 is 18.9 Å². The minimum atomic E-state index is -2.19. The summed E-state index contributed by atoms with van der Waals surface area (Å²) in [5, 5.41) is 30.0. The number of benzene rings is 4. The zero-order chi connectivity index (χ0) is 59.3. The average Bonchev–Trinajstić information content (AvgIpc) is 3.57. The standard InChI is InChI=1S/C75H118NO7/c1-6-9-12-15-18-21-24-27-30-33-36-39-42-45-60-81-68-54-48-65(49-55-68)72-73(76(78)79)71(63-64(4)74(72)80-5)75(77,66-50-56-69(57-51-66)82-61-46-43-40-37-34-31-28-25-22-19-16-13-10-7-2)67-52-58-70(59-53-67)83-62-47-44-41-38-35-32-29-26-23-20-17-14-11-8-3/h48-59,63H,6-47,60-62H2,1-5H3. The molecular weight excluding hydrogens is 1030 g/mol. The Morgan fingerprint density at radius 1 is 0.386 bits per heavy atom. The van der Waals surface area contributed by atoms with Crippen LogP contribution in [0.1, 0.15) is 313 Å². The van der Waals surface area contributed by atoms with Crippen molar-refractivity contribution in [1.82, 2.24) is 0 Å². The van der Waals surface area contributed by atoms with Gasteiger partial charge in [0.2, 0.25) is 0 Å². The lowest BCUT2D eigenvalue weighted by Gasteiger charge is -2.29. The van der Waals surface area contributed by atoms with E-state index in [1.807, 2.05) is 55.5 Å². The molecule has 0 aromatic heterocycles. The molecule has 8 heteroatoms. The van der Waals surface area contributed by atoms with E-state index in [1.54, 1.807) is 30.3 Å². The molecule has 0 fully saturated rings. The van der Waals surface area contributed by atoms with Crippen molar-refractivity contribution in [3.8, 4) is 34.1 Å². The molecule has 4 aromatic rings. The Morgan fingerprint density at radius 3 is 0.892 bits per heavy atom. The summed E-state index contributed by atoms with van der Waals surface area (Å²) in [6.45, 7) is 10.5. The molecule has 8 nitrogen and oxygen atoms in total. The molecule has 1 radical (unpaired) electrons. The first-order valence-corrected chi connectivity index (χ1v) is 34.5. The highest BCUT2D eigenvalue weighted by Gasteiger charge is 2.44. The van der Waals surface area contributed by atoms with E-state index >= 15 is 5.11 Å². The van der Waals surface area contributed by atoms with Crippen molar-refractivity contribution < 1.29 is 29.0 Å². The average molecular weight is 1150 g/mol. The first-order valence-electron chi connectivity index (χ1n) is 34.5. The molecule has 83 heavy (non-hydrogen) atoms. The van der Waals surface area contributed by atoms with Crippen LogP contribution >= 0.6 is 0 Å². The van der Waals surface area contributed by atoms with Crippen molar-refractivity contribution in [2.24, 2.45) is 0 Å². The summed E-state index contributed by atoms with van der Waals surface area (Å²) in [5.74, 6) is 2.41. The molecule has 0 N–H and O–H groups in total. The van der Waals surface area contributed by atoms with Crippen molar-refractivity contribution in [2.45, 2.75) is 303 Å². The van der Waals surface area contributed by atoms with Gasteiger partial charge >= 0.3 is 0 Å². The zero-order valence-corrected chi connectivity index (χ0v) is 53.6. The summed E-state index contributed by atoms with van der Waals surface area (Å²) in [4.78, 5) is 13.2. The monoisotopic (exact) mass is 1140 g/mol. The lowest BCUT2D eigenvalue weighted by Crippen LogP contribution is -2.29. The zero-order valence-electron chi connectivity index (χ0n) is 53.6. The quantitative estimate of drug-likeness (QED) is 0.0189. The fraction of sp³-hybridized carbons (Fsp3) is 0.680. The maximum absolute atomic E-state index is 16.3. The minimum absolute atomic E-state index is 0.0427. The van der Waals surface area contributed by atoms with Gasteiger partial charge in [0, 0.05) is 0 Å². The summed E-state index contributed by atoms with van der Waals surface area (Å²) in [5.41, 5.74) is -0.202. The second kappa shape index (κ2) is 45.8. The van der Waals surface area contributed by atoms with E-state index in [2.05, 4.69) is 20.8 Å². The summed E-state index contributed by atoms with van der Waals surface area (Å²) in [6.07, 6.45) is 54.5. The molecule has 0 amide bonds. The van der Waals surface area contributed by atoms with E-state index in [4.69, 9.17) is 18.9 Å². The maximum atomic E-state index is 16.3. The van der Waals surface area contributed by atoms with Gasteiger partial charge in [-0.1, -0.05) is 308 Å². The summed E-state index contributed by atoms with van der Waals surface area (Å²) < 4.78 is 24.6. The van der Waals surface area contributed by atoms with Gasteiger partial charge in [0.1, 0.15) is 28.6 Å². The molecule has 0 saturated carbocycles. The number of hydrogen-bond acceptors (Lipinski definition) is 6. The molecule has 0 spiro atoms. The third-order valence-electron chi connectivity index (χ3n) is 17.2. The number of nitro groups is 1. The summed E-state index contributed by atoms with van der Waals surface area (Å²) >= 11 is 0. The van der Waals surface area contributed by atoms with Crippen LogP contribution in [0.5, 0.6) is 23.0 Å². The molecule has 0 unspecified atom stereocenters. The molecule has 0 aliphatic heterocycles. The van der Waals surface area contributed by atoms with E-state index in [-0.39, 0.29) is 16.8 Å². The Balaban J connectivity index is 1.41. The van der Waals surface area contributed by atoms with E-state index in [1.165, 1.54) is 238 Å². The largest absolute Gasteiger partial charge is 0.496 e. The predicted octanol–water partition coefficient (Wildman–Crippen LogP) is 23.9. The highest BCUT2D eigenvalue weighted by molar-refractivity contribution is 5.84. The third-order valence-corrected chi connectivity index (χ3v) is 17.2. The molecule has 0 aliphatic carbocycles. The van der Waals surface area contributed by atoms with Gasteiger partial charge in [-0.05, 0) is 90.9 Å². The SMILES string of the molecule is CCCCCCCCCCCCCCCCOc1ccc(-c2c(OC)c(C)cc(C([O])(c3ccc(OCCCCCCCCCCCCCCCC)cc3)c3ccc(OCCCCCCCCCCCCCCCC)cc3)c2[N+](=O)[O-])cc1. The molecule has 4 rings (SSSR count). The van der Waals surface area contributed by atoms with Gasteiger partial charge < -0.3 is 18.9 Å². The lowest BCUT2D eigenvalue weighted by atomic mass is 9.77. The van der Waals surface area contributed by atoms with Crippen molar-refractivity contribution >= 4 is 5.69 Å². The lowest BCUT2D eigenvalue weighted by molar-refractivity contribution is -0.385. The van der Waals surface area contributed by atoms with Gasteiger partial charge in [-0.3, -0.25) is 10.1 Å². The first kappa shape index (κ1) is 70.9. The number of nitro benzene ring substituents is 1. The third kappa shape index (κ3) is 28.5. The van der Waals surface area contributed by atoms with E-state index in [9.17, 15) is 10.1 Å². The van der Waals surface area contributed by atoms with Crippen LogP contribution in [0, 0.1) is 17.0 Å². The number of aryl methyl sites for hydroxylation is 1. The van der Waals surface area contributed by atoms with Gasteiger partial charge in [-0.2, -0.15) is 0 Å². The Kier molecular flexibility index (Phi) is 39.1. The Hall–Kier alpha value is -4.56. The Bertz CT molecular complexity index is 2130. The van der Waals surface area contributed by atoms with Gasteiger partial charge in [0.25, 0.3) is 5.69 Å².